The topological polar surface area (TPSA) is 312 Å². The third kappa shape index (κ3) is 14.2. The van der Waals surface area contributed by atoms with Crippen LogP contribution in [-0.2, 0) is 39.9 Å². The van der Waals surface area contributed by atoms with Crippen molar-refractivity contribution in [3.63, 3.8) is 0 Å². The molecule has 1 aromatic heterocycles. The van der Waals surface area contributed by atoms with Crippen molar-refractivity contribution in [2.24, 2.45) is 33.8 Å². The van der Waals surface area contributed by atoms with Crippen LogP contribution in [0.2, 0.25) is 0 Å². The van der Waals surface area contributed by atoms with Gasteiger partial charge >= 0.3 is 11.9 Å². The summed E-state index contributed by atoms with van der Waals surface area (Å²) < 4.78 is 4.95. The number of ether oxygens (including phenoxy) is 1. The number of guanidine groups is 1. The fourth-order valence-electron chi connectivity index (χ4n) is 5.41. The van der Waals surface area contributed by atoms with Crippen molar-refractivity contribution >= 4 is 52.4 Å². The molecule has 5 unspecified atom stereocenters. The van der Waals surface area contributed by atoms with Crippen LogP contribution in [0, 0.1) is 5.92 Å². The highest BCUT2D eigenvalue weighted by molar-refractivity contribution is 5.96. The number of benzene rings is 1. The van der Waals surface area contributed by atoms with Crippen LogP contribution in [0.15, 0.2) is 35.5 Å². The van der Waals surface area contributed by atoms with Gasteiger partial charge in [0.1, 0.15) is 24.2 Å². The molecule has 0 aliphatic rings. The second-order valence-electron chi connectivity index (χ2n) is 12.8. The van der Waals surface area contributed by atoms with Crippen LogP contribution < -0.4 is 44.2 Å². The number of carboxylic acids is 1. The normalized spacial score (nSPS) is 14.0. The summed E-state index contributed by atoms with van der Waals surface area (Å²) in [7, 11) is 1.20. The van der Waals surface area contributed by atoms with E-state index in [2.05, 4.69) is 31.2 Å². The SMILES string of the molecule is COC(=O)C(Cc1c[nH]c2ccccc12)NC(=O)C(NC(=O)C(CCC(=O)O)NC(=O)C(CCCCN)NC(=O)C(N)CCCN=C(N)N)C(C)C. The molecular formula is C34H54N10O8. The molecule has 5 atom stereocenters. The van der Waals surface area contributed by atoms with Gasteiger partial charge in [-0.25, -0.2) is 4.79 Å². The van der Waals surface area contributed by atoms with Gasteiger partial charge in [0, 0.05) is 36.5 Å². The van der Waals surface area contributed by atoms with Crippen molar-refractivity contribution < 1.29 is 38.6 Å². The summed E-state index contributed by atoms with van der Waals surface area (Å²) in [6.45, 7) is 3.94. The van der Waals surface area contributed by atoms with E-state index in [9.17, 15) is 33.9 Å². The predicted octanol–water partition coefficient (Wildman–Crippen LogP) is -1.15. The number of nitrogens with zero attached hydrogens (tertiary/aromatic N) is 1. The van der Waals surface area contributed by atoms with E-state index in [0.29, 0.717) is 25.8 Å². The Balaban J connectivity index is 2.22. The Labute approximate surface area is 302 Å². The number of hydrogen-bond donors (Lipinski definition) is 10. The highest BCUT2D eigenvalue weighted by Crippen LogP contribution is 2.20. The lowest BCUT2D eigenvalue weighted by Gasteiger charge is -2.28. The number of H-pyrrole nitrogens is 1. The van der Waals surface area contributed by atoms with Crippen molar-refractivity contribution in [3.8, 4) is 0 Å². The molecule has 1 aromatic carbocycles. The zero-order valence-electron chi connectivity index (χ0n) is 30.0. The van der Waals surface area contributed by atoms with E-state index < -0.39 is 78.1 Å². The average Bonchev–Trinajstić information content (AvgIpc) is 3.51. The van der Waals surface area contributed by atoms with E-state index >= 15 is 0 Å². The maximum Gasteiger partial charge on any atom is 0.328 e. The lowest BCUT2D eigenvalue weighted by molar-refractivity contribution is -0.145. The maximum atomic E-state index is 13.7. The summed E-state index contributed by atoms with van der Waals surface area (Å²) in [5.41, 5.74) is 23.9. The number of esters is 1. The fraction of sp³-hybridized carbons (Fsp3) is 0.559. The standard InChI is InChI=1S/C34H54N10O8/c1-19(2)28(32(50)43-26(33(51)52-3)17-20-18-40-23-11-5-4-9-21(20)23)44-31(49)25(13-14-27(45)46)42-30(48)24(12-6-7-15-35)41-29(47)22(36)10-8-16-39-34(37)38/h4-5,9,11,18-19,22,24-26,28,40H,6-8,10,12-17,35-36H2,1-3H3,(H,41,47)(H,42,48)(H,43,50)(H,44,49)(H,45,46)(H4,37,38,39). The van der Waals surface area contributed by atoms with Gasteiger partial charge in [0.15, 0.2) is 5.96 Å². The number of carboxylic acid groups (broad SMARTS) is 1. The number of methoxy groups -OCH3 is 1. The van der Waals surface area contributed by atoms with Crippen molar-refractivity contribution in [3.05, 3.63) is 36.0 Å². The van der Waals surface area contributed by atoms with Gasteiger partial charge < -0.3 is 59.0 Å². The Morgan fingerprint density at radius 2 is 1.48 bits per heavy atom. The Kier molecular flexibility index (Phi) is 18.1. The van der Waals surface area contributed by atoms with Gasteiger partial charge in [0.2, 0.25) is 23.6 Å². The number of carbonyl (C=O) groups is 6. The van der Waals surface area contributed by atoms with Gasteiger partial charge in [0.25, 0.3) is 0 Å². The molecule has 18 heteroatoms. The number of nitrogens with two attached hydrogens (primary N) is 4. The van der Waals surface area contributed by atoms with Gasteiger partial charge in [-0.05, 0) is 62.6 Å². The minimum atomic E-state index is -1.40. The number of para-hydroxylation sites is 1. The molecule has 2 aromatic rings. The molecule has 0 aliphatic carbocycles. The molecule has 0 aliphatic heterocycles. The first-order valence-electron chi connectivity index (χ1n) is 17.3. The third-order valence-corrected chi connectivity index (χ3v) is 8.31. The Bertz CT molecular complexity index is 1540. The van der Waals surface area contributed by atoms with E-state index in [4.69, 9.17) is 27.7 Å². The number of unbranched alkanes of at least 4 members (excludes halogenated alkanes) is 1. The lowest BCUT2D eigenvalue weighted by Crippen LogP contribution is -2.59. The van der Waals surface area contributed by atoms with Gasteiger partial charge in [-0.15, -0.1) is 0 Å². The molecule has 0 spiro atoms. The van der Waals surface area contributed by atoms with E-state index in [-0.39, 0.29) is 38.2 Å². The van der Waals surface area contributed by atoms with E-state index in [1.807, 2.05) is 24.3 Å². The predicted molar refractivity (Wildman–Crippen MR) is 194 cm³/mol. The molecule has 0 fully saturated rings. The molecular weight excluding hydrogens is 676 g/mol. The van der Waals surface area contributed by atoms with Crippen LogP contribution in [0.3, 0.4) is 0 Å². The van der Waals surface area contributed by atoms with Crippen LogP contribution in [0.1, 0.15) is 64.4 Å². The van der Waals surface area contributed by atoms with Crippen LogP contribution in [0.25, 0.3) is 10.9 Å². The summed E-state index contributed by atoms with van der Waals surface area (Å²) in [5.74, 6) is -5.41. The summed E-state index contributed by atoms with van der Waals surface area (Å²) >= 11 is 0. The second kappa shape index (κ2) is 21.9. The first-order chi connectivity index (χ1) is 24.7. The molecule has 4 amide bonds. The Hall–Kier alpha value is -5.23. The number of amides is 4. The highest BCUT2D eigenvalue weighted by atomic mass is 16.5. The molecule has 52 heavy (non-hydrogen) atoms. The molecule has 2 rings (SSSR count). The first-order valence-corrected chi connectivity index (χ1v) is 17.3. The summed E-state index contributed by atoms with van der Waals surface area (Å²) in [4.78, 5) is 84.9. The van der Waals surface area contributed by atoms with Crippen molar-refractivity contribution in [2.45, 2.75) is 95.4 Å². The first kappa shape index (κ1) is 42.9. The van der Waals surface area contributed by atoms with Crippen LogP contribution in [0.4, 0.5) is 0 Å². The lowest BCUT2D eigenvalue weighted by atomic mass is 10.00. The number of rotatable bonds is 23. The maximum absolute atomic E-state index is 13.7. The number of aromatic amines is 1. The summed E-state index contributed by atoms with van der Waals surface area (Å²) in [6.07, 6.45) is 2.80. The van der Waals surface area contributed by atoms with Gasteiger partial charge in [-0.1, -0.05) is 32.0 Å². The van der Waals surface area contributed by atoms with Crippen LogP contribution in [0.5, 0.6) is 0 Å². The molecule has 1 heterocycles. The zero-order valence-corrected chi connectivity index (χ0v) is 30.0. The fourth-order valence-corrected chi connectivity index (χ4v) is 5.41. The molecule has 18 nitrogen and oxygen atoms in total. The monoisotopic (exact) mass is 730 g/mol. The highest BCUT2D eigenvalue weighted by Gasteiger charge is 2.33. The number of aromatic nitrogens is 1. The Morgan fingerprint density at radius 1 is 0.846 bits per heavy atom. The number of carbonyl (C=O) groups excluding carboxylic acids is 5. The Morgan fingerprint density at radius 3 is 2.12 bits per heavy atom. The number of nitrogens with one attached hydrogen (secondary N) is 5. The molecule has 0 bridgehead atoms. The number of hydrogen-bond acceptors (Lipinski definition) is 10. The van der Waals surface area contributed by atoms with Crippen LogP contribution >= 0.6 is 0 Å². The van der Waals surface area contributed by atoms with Crippen molar-refractivity contribution in [1.29, 1.82) is 0 Å². The molecule has 0 saturated heterocycles. The van der Waals surface area contributed by atoms with E-state index in [0.717, 1.165) is 16.5 Å². The van der Waals surface area contributed by atoms with Gasteiger partial charge in [-0.3, -0.25) is 29.0 Å². The van der Waals surface area contributed by atoms with Crippen molar-refractivity contribution in [1.82, 2.24) is 26.3 Å². The average molecular weight is 731 g/mol. The van der Waals surface area contributed by atoms with E-state index in [1.54, 1.807) is 20.0 Å². The minimum absolute atomic E-state index is 0.0929. The number of aliphatic carboxylic acids is 1. The van der Waals surface area contributed by atoms with Crippen molar-refractivity contribution in [2.75, 3.05) is 20.2 Å². The summed E-state index contributed by atoms with van der Waals surface area (Å²) in [6, 6.07) is 1.65. The molecule has 288 valence electrons. The number of aliphatic imine (C=N–C) groups is 1. The largest absolute Gasteiger partial charge is 0.481 e. The third-order valence-electron chi connectivity index (χ3n) is 8.31. The summed E-state index contributed by atoms with van der Waals surface area (Å²) in [5, 5.41) is 20.7. The molecule has 0 radical (unpaired) electrons. The quantitative estimate of drug-likeness (QED) is 0.0281. The molecule has 0 saturated carbocycles. The van der Waals surface area contributed by atoms with Gasteiger partial charge in [-0.2, -0.15) is 0 Å². The molecule has 14 N–H and O–H groups in total. The van der Waals surface area contributed by atoms with Gasteiger partial charge in [0.05, 0.1) is 13.2 Å². The smallest absolute Gasteiger partial charge is 0.328 e. The zero-order chi connectivity index (χ0) is 38.8. The minimum Gasteiger partial charge on any atom is -0.481 e. The van der Waals surface area contributed by atoms with Crippen LogP contribution in [-0.4, -0.2) is 102 Å². The number of fused-ring (bicyclic) bond motifs is 1. The second-order valence-corrected chi connectivity index (χ2v) is 12.8. The van der Waals surface area contributed by atoms with E-state index in [1.165, 1.54) is 7.11 Å².